The van der Waals surface area contributed by atoms with Gasteiger partial charge in [-0.3, -0.25) is 24.6 Å². The molecule has 2 N–H and O–H groups in total. The van der Waals surface area contributed by atoms with E-state index in [9.17, 15) is 24.5 Å². The molecule has 1 heterocycles. The van der Waals surface area contributed by atoms with Crippen LogP contribution in [-0.2, 0) is 4.74 Å². The van der Waals surface area contributed by atoms with Gasteiger partial charge < -0.3 is 15.4 Å². The third-order valence-electron chi connectivity index (χ3n) is 3.60. The Labute approximate surface area is 143 Å². The number of urea groups is 1. The zero-order valence-electron chi connectivity index (χ0n) is 13.6. The molecule has 0 radical (unpaired) electrons. The topological polar surface area (TPSA) is 131 Å². The van der Waals surface area contributed by atoms with Crippen molar-refractivity contribution in [3.05, 3.63) is 39.4 Å². The number of non-ortho nitro benzene ring substituents is 1. The van der Waals surface area contributed by atoms with E-state index >= 15 is 0 Å². The highest BCUT2D eigenvalue weighted by molar-refractivity contribution is 6.21. The highest BCUT2D eigenvalue weighted by Gasteiger charge is 2.36. The standard InChI is InChI=1S/C15H18N4O6/c1-25-8-6-17-15(22)16-5-2-7-18-13(20)11-4-3-10(19(23)24)9-12(11)14(18)21/h3-4,9H,2,5-8H2,1H3,(H2,16,17,22). The van der Waals surface area contributed by atoms with E-state index in [1.165, 1.54) is 19.2 Å². The predicted molar refractivity (Wildman–Crippen MR) is 86.4 cm³/mol. The number of hydrogen-bond donors (Lipinski definition) is 2. The lowest BCUT2D eigenvalue weighted by molar-refractivity contribution is -0.384. The summed E-state index contributed by atoms with van der Waals surface area (Å²) in [4.78, 5) is 47.1. The van der Waals surface area contributed by atoms with Crippen LogP contribution in [0.25, 0.3) is 0 Å². The van der Waals surface area contributed by atoms with E-state index in [0.717, 1.165) is 11.0 Å². The molecule has 1 aromatic rings. The molecule has 4 amide bonds. The molecule has 0 aliphatic carbocycles. The molecule has 0 bridgehead atoms. The van der Waals surface area contributed by atoms with Crippen LogP contribution in [-0.4, -0.2) is 61.0 Å². The Kier molecular flexibility index (Phi) is 6.01. The van der Waals surface area contributed by atoms with E-state index in [1.54, 1.807) is 0 Å². The largest absolute Gasteiger partial charge is 0.383 e. The number of carbonyl (C=O) groups excluding carboxylic acids is 3. The van der Waals surface area contributed by atoms with Crippen molar-refractivity contribution in [1.82, 2.24) is 15.5 Å². The van der Waals surface area contributed by atoms with Gasteiger partial charge in [0.25, 0.3) is 17.5 Å². The molecular weight excluding hydrogens is 332 g/mol. The maximum absolute atomic E-state index is 12.3. The highest BCUT2D eigenvalue weighted by Crippen LogP contribution is 2.26. The van der Waals surface area contributed by atoms with Crippen molar-refractivity contribution in [3.63, 3.8) is 0 Å². The van der Waals surface area contributed by atoms with Gasteiger partial charge in [0.2, 0.25) is 0 Å². The molecule has 1 aliphatic heterocycles. The van der Waals surface area contributed by atoms with E-state index < -0.39 is 16.7 Å². The summed E-state index contributed by atoms with van der Waals surface area (Å²) in [5, 5.41) is 16.0. The van der Waals surface area contributed by atoms with Crippen LogP contribution in [0.5, 0.6) is 0 Å². The van der Waals surface area contributed by atoms with E-state index in [4.69, 9.17) is 4.74 Å². The van der Waals surface area contributed by atoms with Crippen molar-refractivity contribution in [2.75, 3.05) is 33.4 Å². The minimum atomic E-state index is -0.618. The number of ether oxygens (including phenoxy) is 1. The van der Waals surface area contributed by atoms with Crippen LogP contribution in [0.4, 0.5) is 10.5 Å². The summed E-state index contributed by atoms with van der Waals surface area (Å²) in [6, 6.07) is 3.22. The number of nitro groups is 1. The van der Waals surface area contributed by atoms with Gasteiger partial charge in [-0.1, -0.05) is 0 Å². The lowest BCUT2D eigenvalue weighted by Gasteiger charge is -2.14. The number of nitrogens with zero attached hydrogens (tertiary/aromatic N) is 2. The summed E-state index contributed by atoms with van der Waals surface area (Å²) < 4.78 is 4.80. The van der Waals surface area contributed by atoms with Gasteiger partial charge in [-0.2, -0.15) is 0 Å². The van der Waals surface area contributed by atoms with Crippen molar-refractivity contribution >= 4 is 23.5 Å². The third kappa shape index (κ3) is 4.29. The second kappa shape index (κ2) is 8.20. The predicted octanol–water partition coefficient (Wildman–Crippen LogP) is 0.526. The highest BCUT2D eigenvalue weighted by atomic mass is 16.6. The zero-order chi connectivity index (χ0) is 18.4. The zero-order valence-corrected chi connectivity index (χ0v) is 13.6. The number of hydrogen-bond acceptors (Lipinski definition) is 6. The van der Waals surface area contributed by atoms with Gasteiger partial charge in [-0.15, -0.1) is 0 Å². The maximum atomic E-state index is 12.3. The summed E-state index contributed by atoms with van der Waals surface area (Å²) in [7, 11) is 1.52. The number of carbonyl (C=O) groups is 3. The molecule has 0 unspecified atom stereocenters. The first kappa shape index (κ1) is 18.3. The number of benzene rings is 1. The summed E-state index contributed by atoms with van der Waals surface area (Å²) in [6.45, 7) is 1.15. The van der Waals surface area contributed by atoms with Crippen molar-refractivity contribution in [2.24, 2.45) is 0 Å². The molecule has 25 heavy (non-hydrogen) atoms. The Balaban J connectivity index is 1.86. The van der Waals surface area contributed by atoms with Crippen molar-refractivity contribution in [1.29, 1.82) is 0 Å². The summed E-state index contributed by atoms with van der Waals surface area (Å²) in [5.41, 5.74) is -0.0542. The number of nitrogens with one attached hydrogen (secondary N) is 2. The quantitative estimate of drug-likeness (QED) is 0.304. The Hall–Kier alpha value is -3.01. The van der Waals surface area contributed by atoms with Crippen molar-refractivity contribution in [2.45, 2.75) is 6.42 Å². The van der Waals surface area contributed by atoms with Crippen LogP contribution in [0.2, 0.25) is 0 Å². The Bertz CT molecular complexity index is 705. The van der Waals surface area contributed by atoms with Gasteiger partial charge in [0, 0.05) is 38.9 Å². The second-order valence-corrected chi connectivity index (χ2v) is 5.28. The molecule has 0 spiro atoms. The average molecular weight is 350 g/mol. The van der Waals surface area contributed by atoms with Gasteiger partial charge >= 0.3 is 6.03 Å². The number of nitro benzene ring substituents is 1. The molecule has 1 aliphatic rings. The Morgan fingerprint density at radius 2 is 1.88 bits per heavy atom. The smallest absolute Gasteiger partial charge is 0.314 e. The van der Waals surface area contributed by atoms with E-state index in [2.05, 4.69) is 10.6 Å². The fourth-order valence-electron chi connectivity index (χ4n) is 2.36. The molecule has 1 aromatic carbocycles. The first-order chi connectivity index (χ1) is 12.0. The minimum Gasteiger partial charge on any atom is -0.383 e. The molecule has 0 fully saturated rings. The van der Waals surface area contributed by atoms with E-state index in [0.29, 0.717) is 19.6 Å². The van der Waals surface area contributed by atoms with Crippen LogP contribution in [0, 0.1) is 10.1 Å². The van der Waals surface area contributed by atoms with Gasteiger partial charge in [-0.05, 0) is 12.5 Å². The number of imide groups is 1. The van der Waals surface area contributed by atoms with Crippen LogP contribution in [0.1, 0.15) is 27.1 Å². The molecule has 134 valence electrons. The number of fused-ring (bicyclic) bond motifs is 1. The lowest BCUT2D eigenvalue weighted by Crippen LogP contribution is -2.39. The van der Waals surface area contributed by atoms with Crippen molar-refractivity contribution in [3.8, 4) is 0 Å². The molecule has 0 saturated carbocycles. The number of rotatable bonds is 8. The lowest BCUT2D eigenvalue weighted by atomic mass is 10.1. The monoisotopic (exact) mass is 350 g/mol. The first-order valence-electron chi connectivity index (χ1n) is 7.61. The maximum Gasteiger partial charge on any atom is 0.314 e. The van der Waals surface area contributed by atoms with Crippen molar-refractivity contribution < 1.29 is 24.0 Å². The normalized spacial score (nSPS) is 12.9. The van der Waals surface area contributed by atoms with Gasteiger partial charge in [0.15, 0.2) is 0 Å². The van der Waals surface area contributed by atoms with E-state index in [1.807, 2.05) is 0 Å². The van der Waals surface area contributed by atoms with Crippen LogP contribution < -0.4 is 10.6 Å². The SMILES string of the molecule is COCCNC(=O)NCCCN1C(=O)c2ccc([N+](=O)[O-])cc2C1=O. The Morgan fingerprint density at radius 3 is 2.56 bits per heavy atom. The molecule has 0 aromatic heterocycles. The number of amides is 4. The van der Waals surface area contributed by atoms with E-state index in [-0.39, 0.29) is 35.9 Å². The first-order valence-corrected chi connectivity index (χ1v) is 7.61. The molecule has 10 heteroatoms. The molecule has 0 saturated heterocycles. The molecule has 0 atom stereocenters. The van der Waals surface area contributed by atoms with Crippen LogP contribution >= 0.6 is 0 Å². The van der Waals surface area contributed by atoms with Gasteiger partial charge in [-0.25, -0.2) is 4.79 Å². The molecule has 2 rings (SSSR count). The van der Waals surface area contributed by atoms with Gasteiger partial charge in [0.1, 0.15) is 0 Å². The molecule has 10 nitrogen and oxygen atoms in total. The fraction of sp³-hybridized carbons (Fsp3) is 0.400. The van der Waals surface area contributed by atoms with Crippen LogP contribution in [0.3, 0.4) is 0 Å². The third-order valence-corrected chi connectivity index (χ3v) is 3.60. The van der Waals surface area contributed by atoms with Crippen LogP contribution in [0.15, 0.2) is 18.2 Å². The molecular formula is C15H18N4O6. The second-order valence-electron chi connectivity index (χ2n) is 5.28. The summed E-state index contributed by atoms with van der Waals surface area (Å²) >= 11 is 0. The average Bonchev–Trinajstić information content (AvgIpc) is 2.83. The summed E-state index contributed by atoms with van der Waals surface area (Å²) in [6.07, 6.45) is 0.366. The summed E-state index contributed by atoms with van der Waals surface area (Å²) in [5.74, 6) is -1.05. The number of methoxy groups -OCH3 is 1. The minimum absolute atomic E-state index is 0.0319. The van der Waals surface area contributed by atoms with Gasteiger partial charge in [0.05, 0.1) is 22.7 Å². The Morgan fingerprint density at radius 1 is 1.20 bits per heavy atom. The fourth-order valence-corrected chi connectivity index (χ4v) is 2.36.